The molecule has 0 bridgehead atoms. The van der Waals surface area contributed by atoms with Gasteiger partial charge in [0.2, 0.25) is 5.91 Å². The van der Waals surface area contributed by atoms with Crippen LogP contribution in [0.25, 0.3) is 0 Å². The van der Waals surface area contributed by atoms with Crippen LogP contribution < -0.4 is 5.32 Å². The van der Waals surface area contributed by atoms with E-state index in [1.165, 1.54) is 12.8 Å². The third-order valence-electron chi connectivity index (χ3n) is 6.47. The fourth-order valence-electron chi connectivity index (χ4n) is 4.62. The van der Waals surface area contributed by atoms with Crippen molar-refractivity contribution in [2.24, 2.45) is 0 Å². The number of hydrogen-bond donors (Lipinski definition) is 2. The molecule has 2 aliphatic heterocycles. The van der Waals surface area contributed by atoms with Crippen LogP contribution in [-0.4, -0.2) is 73.2 Å². The number of carbonyl (C=O) groups excluding carboxylic acids is 1. The molecule has 2 saturated heterocycles. The van der Waals surface area contributed by atoms with Crippen molar-refractivity contribution >= 4 is 5.91 Å². The summed E-state index contributed by atoms with van der Waals surface area (Å²) < 4.78 is 0. The Labute approximate surface area is 163 Å². The van der Waals surface area contributed by atoms with Crippen LogP contribution in [0, 0.1) is 0 Å². The standard InChI is InChI=1S/C22H35N3O2/c1-24-16-11-22(12-17-24,19-8-3-2-4-9-19)21(27)23-13-7-15-25-14-6-5-10-20(25)18-26/h2-4,8-9,20,26H,5-7,10-18H2,1H3,(H,23,27). The molecule has 5 nitrogen and oxygen atoms in total. The second kappa shape index (κ2) is 9.67. The SMILES string of the molecule is CN1CCC(C(=O)NCCCN2CCCCC2CO)(c2ccccc2)CC1. The summed E-state index contributed by atoms with van der Waals surface area (Å²) in [6.45, 7) is 4.88. The largest absolute Gasteiger partial charge is 0.395 e. The maximum atomic E-state index is 13.2. The van der Waals surface area contributed by atoms with Gasteiger partial charge in [0, 0.05) is 19.1 Å². The van der Waals surface area contributed by atoms with Gasteiger partial charge in [-0.3, -0.25) is 9.69 Å². The van der Waals surface area contributed by atoms with Gasteiger partial charge in [-0.15, -0.1) is 0 Å². The van der Waals surface area contributed by atoms with E-state index in [1.807, 2.05) is 18.2 Å². The Bertz CT molecular complexity index is 584. The Morgan fingerprint density at radius 2 is 1.93 bits per heavy atom. The molecular formula is C22H35N3O2. The fourth-order valence-corrected chi connectivity index (χ4v) is 4.62. The lowest BCUT2D eigenvalue weighted by atomic mass is 9.72. The molecule has 1 unspecified atom stereocenters. The quantitative estimate of drug-likeness (QED) is 0.718. The van der Waals surface area contributed by atoms with E-state index in [4.69, 9.17) is 0 Å². The van der Waals surface area contributed by atoms with E-state index in [1.54, 1.807) is 0 Å². The Kier molecular flexibility index (Phi) is 7.27. The van der Waals surface area contributed by atoms with Crippen molar-refractivity contribution in [3.8, 4) is 0 Å². The van der Waals surface area contributed by atoms with Gasteiger partial charge in [0.1, 0.15) is 0 Å². The summed E-state index contributed by atoms with van der Waals surface area (Å²) in [6, 6.07) is 10.6. The van der Waals surface area contributed by atoms with Crippen molar-refractivity contribution in [2.45, 2.75) is 50.0 Å². The van der Waals surface area contributed by atoms with E-state index < -0.39 is 5.41 Å². The zero-order valence-corrected chi connectivity index (χ0v) is 16.7. The molecule has 3 rings (SSSR count). The Morgan fingerprint density at radius 3 is 2.63 bits per heavy atom. The van der Waals surface area contributed by atoms with Gasteiger partial charge < -0.3 is 15.3 Å². The molecule has 1 atom stereocenters. The number of nitrogens with zero attached hydrogens (tertiary/aromatic N) is 2. The minimum atomic E-state index is -0.396. The maximum absolute atomic E-state index is 13.2. The second-order valence-electron chi connectivity index (χ2n) is 8.23. The van der Waals surface area contributed by atoms with Crippen molar-refractivity contribution < 1.29 is 9.90 Å². The van der Waals surface area contributed by atoms with Crippen molar-refractivity contribution in [3.63, 3.8) is 0 Å². The first-order valence-electron chi connectivity index (χ1n) is 10.5. The van der Waals surface area contributed by atoms with E-state index in [0.717, 1.165) is 57.4 Å². The number of rotatable bonds is 7. The summed E-state index contributed by atoms with van der Waals surface area (Å²) in [5.41, 5.74) is 0.749. The number of hydrogen-bond acceptors (Lipinski definition) is 4. The van der Waals surface area contributed by atoms with Gasteiger partial charge in [0.25, 0.3) is 0 Å². The van der Waals surface area contributed by atoms with Crippen LogP contribution in [0.1, 0.15) is 44.1 Å². The predicted octanol–water partition coefficient (Wildman–Crippen LogP) is 2.00. The second-order valence-corrected chi connectivity index (χ2v) is 8.23. The molecule has 0 spiro atoms. The molecule has 2 heterocycles. The number of nitrogens with one attached hydrogen (secondary N) is 1. The van der Waals surface area contributed by atoms with Crippen LogP contribution in [0.5, 0.6) is 0 Å². The third kappa shape index (κ3) is 4.89. The lowest BCUT2D eigenvalue weighted by Gasteiger charge is -2.40. The molecule has 0 aliphatic carbocycles. The molecule has 2 fully saturated rings. The van der Waals surface area contributed by atoms with Crippen LogP contribution >= 0.6 is 0 Å². The summed E-state index contributed by atoms with van der Waals surface area (Å²) >= 11 is 0. The number of amides is 1. The highest BCUT2D eigenvalue weighted by Crippen LogP contribution is 2.35. The number of aliphatic hydroxyl groups is 1. The molecule has 2 N–H and O–H groups in total. The van der Waals surface area contributed by atoms with E-state index in [2.05, 4.69) is 34.3 Å². The normalized spacial score (nSPS) is 23.9. The third-order valence-corrected chi connectivity index (χ3v) is 6.47. The van der Waals surface area contributed by atoms with E-state index in [0.29, 0.717) is 12.6 Å². The average molecular weight is 374 g/mol. The van der Waals surface area contributed by atoms with E-state index in [-0.39, 0.29) is 12.5 Å². The molecule has 0 aromatic heterocycles. The maximum Gasteiger partial charge on any atom is 0.230 e. The fraction of sp³-hybridized carbons (Fsp3) is 0.682. The molecular weight excluding hydrogens is 338 g/mol. The summed E-state index contributed by atoms with van der Waals surface area (Å²) in [6.07, 6.45) is 6.20. The van der Waals surface area contributed by atoms with Gasteiger partial charge >= 0.3 is 0 Å². The summed E-state index contributed by atoms with van der Waals surface area (Å²) in [5, 5.41) is 12.8. The first-order chi connectivity index (χ1) is 13.2. The smallest absolute Gasteiger partial charge is 0.230 e. The van der Waals surface area contributed by atoms with E-state index in [9.17, 15) is 9.90 Å². The van der Waals surface area contributed by atoms with Gasteiger partial charge in [0.15, 0.2) is 0 Å². The summed E-state index contributed by atoms with van der Waals surface area (Å²) in [7, 11) is 2.13. The minimum Gasteiger partial charge on any atom is -0.395 e. The zero-order chi connectivity index (χ0) is 19.1. The Balaban J connectivity index is 1.55. The molecule has 150 valence electrons. The van der Waals surface area contributed by atoms with Gasteiger partial charge in [0.05, 0.1) is 12.0 Å². The molecule has 0 saturated carbocycles. The van der Waals surface area contributed by atoms with Gasteiger partial charge in [-0.1, -0.05) is 36.8 Å². The van der Waals surface area contributed by atoms with Gasteiger partial charge in [-0.2, -0.15) is 0 Å². The van der Waals surface area contributed by atoms with Crippen molar-refractivity contribution in [2.75, 3.05) is 46.4 Å². The van der Waals surface area contributed by atoms with Gasteiger partial charge in [-0.05, 0) is 64.3 Å². The molecule has 1 aromatic carbocycles. The van der Waals surface area contributed by atoms with Crippen LogP contribution in [-0.2, 0) is 10.2 Å². The van der Waals surface area contributed by atoms with Crippen LogP contribution in [0.4, 0.5) is 0 Å². The minimum absolute atomic E-state index is 0.180. The van der Waals surface area contributed by atoms with Crippen molar-refractivity contribution in [1.82, 2.24) is 15.1 Å². The molecule has 1 aromatic rings. The zero-order valence-electron chi connectivity index (χ0n) is 16.7. The lowest BCUT2D eigenvalue weighted by Crippen LogP contribution is -2.51. The molecule has 5 heteroatoms. The first-order valence-corrected chi connectivity index (χ1v) is 10.5. The highest BCUT2D eigenvalue weighted by atomic mass is 16.3. The lowest BCUT2D eigenvalue weighted by molar-refractivity contribution is -0.128. The Morgan fingerprint density at radius 1 is 1.19 bits per heavy atom. The molecule has 27 heavy (non-hydrogen) atoms. The highest BCUT2D eigenvalue weighted by molar-refractivity contribution is 5.88. The Hall–Kier alpha value is -1.43. The predicted molar refractivity (Wildman–Crippen MR) is 109 cm³/mol. The number of aliphatic hydroxyl groups excluding tert-OH is 1. The summed E-state index contributed by atoms with van der Waals surface area (Å²) in [4.78, 5) is 17.9. The number of carbonyl (C=O) groups is 1. The number of likely N-dealkylation sites (tertiary alicyclic amines) is 2. The topological polar surface area (TPSA) is 55.8 Å². The van der Waals surface area contributed by atoms with Crippen LogP contribution in [0.2, 0.25) is 0 Å². The average Bonchev–Trinajstić information content (AvgIpc) is 2.72. The molecule has 1 amide bonds. The number of piperidine rings is 2. The van der Waals surface area contributed by atoms with Crippen LogP contribution in [0.3, 0.4) is 0 Å². The molecule has 2 aliphatic rings. The first kappa shape index (κ1) is 20.3. The van der Waals surface area contributed by atoms with Crippen molar-refractivity contribution in [1.29, 1.82) is 0 Å². The van der Waals surface area contributed by atoms with Crippen molar-refractivity contribution in [3.05, 3.63) is 35.9 Å². The number of benzene rings is 1. The molecule has 0 radical (unpaired) electrons. The van der Waals surface area contributed by atoms with Gasteiger partial charge in [-0.25, -0.2) is 0 Å². The van der Waals surface area contributed by atoms with E-state index >= 15 is 0 Å². The summed E-state index contributed by atoms with van der Waals surface area (Å²) in [5.74, 6) is 0.180. The van der Waals surface area contributed by atoms with Crippen LogP contribution in [0.15, 0.2) is 30.3 Å². The monoisotopic (exact) mass is 373 g/mol. The highest BCUT2D eigenvalue weighted by Gasteiger charge is 2.42.